The Morgan fingerprint density at radius 1 is 0.278 bits per heavy atom. The van der Waals surface area contributed by atoms with Crippen LogP contribution in [0.3, 0.4) is 0 Å². The number of carbonyl (C=O) groups is 4. The zero-order chi connectivity index (χ0) is 66.8. The van der Waals surface area contributed by atoms with Gasteiger partial charge in [0.2, 0.25) is 0 Å². The highest BCUT2D eigenvalue weighted by Gasteiger charge is 2.30. The van der Waals surface area contributed by atoms with Crippen LogP contribution in [0.15, 0.2) is 0 Å². The molecule has 0 radical (unpaired) electrons. The quantitative estimate of drug-likeness (QED) is 0.0222. The lowest BCUT2D eigenvalue weighted by Gasteiger charge is -2.21. The molecule has 0 aromatic heterocycles. The number of hydrogen-bond acceptors (Lipinski definition) is 15. The van der Waals surface area contributed by atoms with Crippen LogP contribution in [0.5, 0.6) is 0 Å². The van der Waals surface area contributed by atoms with Crippen LogP contribution in [0.1, 0.15) is 351 Å². The van der Waals surface area contributed by atoms with E-state index in [4.69, 9.17) is 37.0 Å². The number of aliphatic hydroxyl groups is 1. The lowest BCUT2D eigenvalue weighted by Crippen LogP contribution is -2.30. The summed E-state index contributed by atoms with van der Waals surface area (Å²) in [5, 5.41) is 10.6. The second-order valence-electron chi connectivity index (χ2n) is 27.5. The molecule has 0 aliphatic carbocycles. The van der Waals surface area contributed by atoms with Crippen LogP contribution in [0.4, 0.5) is 0 Å². The van der Waals surface area contributed by atoms with Crippen molar-refractivity contribution in [3.05, 3.63) is 0 Å². The summed E-state index contributed by atoms with van der Waals surface area (Å²) in [7, 11) is -9.90. The van der Waals surface area contributed by atoms with Crippen LogP contribution in [0, 0.1) is 23.7 Å². The molecule has 0 aliphatic rings. The Labute approximate surface area is 549 Å². The fraction of sp³-hybridized carbons (Fsp3) is 0.944. The zero-order valence-electron chi connectivity index (χ0n) is 58.8. The highest BCUT2D eigenvalue weighted by molar-refractivity contribution is 7.47. The fourth-order valence-electron chi connectivity index (χ4n) is 10.7. The van der Waals surface area contributed by atoms with Crippen LogP contribution in [0.2, 0.25) is 0 Å². The second kappa shape index (κ2) is 60.7. The molecule has 0 rings (SSSR count). The molecule has 0 saturated carbocycles. The fourth-order valence-corrected chi connectivity index (χ4v) is 12.2. The van der Waals surface area contributed by atoms with Crippen LogP contribution in [-0.2, 0) is 65.4 Å². The molecule has 3 unspecified atom stereocenters. The lowest BCUT2D eigenvalue weighted by molar-refractivity contribution is -0.161. The van der Waals surface area contributed by atoms with E-state index in [1.54, 1.807) is 0 Å². The number of esters is 4. The van der Waals surface area contributed by atoms with Crippen LogP contribution >= 0.6 is 15.6 Å². The third-order valence-corrected chi connectivity index (χ3v) is 18.2. The number of aliphatic hydroxyl groups excluding tert-OH is 1. The molecule has 3 N–H and O–H groups in total. The highest BCUT2D eigenvalue weighted by atomic mass is 31.2. The molecule has 0 fully saturated rings. The van der Waals surface area contributed by atoms with Crippen LogP contribution in [-0.4, -0.2) is 96.7 Å². The molecule has 90 heavy (non-hydrogen) atoms. The average Bonchev–Trinajstić information content (AvgIpc) is 2.83. The van der Waals surface area contributed by atoms with Crippen molar-refractivity contribution in [1.82, 2.24) is 0 Å². The minimum atomic E-state index is -4.95. The molecule has 0 amide bonds. The van der Waals surface area contributed by atoms with Crippen molar-refractivity contribution in [2.75, 3.05) is 39.6 Å². The van der Waals surface area contributed by atoms with Gasteiger partial charge in [-0.3, -0.25) is 37.3 Å². The minimum Gasteiger partial charge on any atom is -0.462 e. The number of carbonyl (C=O) groups excluding carboxylic acids is 4. The minimum absolute atomic E-state index is 0.105. The van der Waals surface area contributed by atoms with Gasteiger partial charge in [0.15, 0.2) is 12.2 Å². The van der Waals surface area contributed by atoms with Crippen molar-refractivity contribution in [2.45, 2.75) is 369 Å². The second-order valence-corrected chi connectivity index (χ2v) is 30.4. The Balaban J connectivity index is 5.25. The summed E-state index contributed by atoms with van der Waals surface area (Å²) in [5.74, 6) is 0.845. The SMILES string of the molecule is CC(C)CCCCCCCCCCCCCCC(=O)O[C@H](COC(=O)CCCCCCCCCC(C)C)COP(=O)(O)OCC(O)COP(=O)(O)OC[C@@H](COC(=O)CCCCCCCCCCC(C)C)OC(=O)CCCCCCCCCCCCCC(C)C. The van der Waals surface area contributed by atoms with E-state index in [-0.39, 0.29) is 25.7 Å². The first-order valence-electron chi connectivity index (χ1n) is 36.7. The summed E-state index contributed by atoms with van der Waals surface area (Å²) >= 11 is 0. The van der Waals surface area contributed by atoms with Crippen molar-refractivity contribution >= 4 is 39.5 Å². The number of hydrogen-bond donors (Lipinski definition) is 3. The van der Waals surface area contributed by atoms with Gasteiger partial charge in [-0.15, -0.1) is 0 Å². The van der Waals surface area contributed by atoms with Crippen LogP contribution in [0.25, 0.3) is 0 Å². The molecule has 0 aliphatic heterocycles. The van der Waals surface area contributed by atoms with Crippen molar-refractivity contribution in [1.29, 1.82) is 0 Å². The summed E-state index contributed by atoms with van der Waals surface area (Å²) in [5.41, 5.74) is 0. The van der Waals surface area contributed by atoms with Gasteiger partial charge in [-0.2, -0.15) is 0 Å². The molecule has 0 aromatic rings. The first kappa shape index (κ1) is 88.1. The summed E-state index contributed by atoms with van der Waals surface area (Å²) in [6.45, 7) is 14.1. The van der Waals surface area contributed by atoms with E-state index in [1.165, 1.54) is 148 Å². The number of rotatable bonds is 68. The van der Waals surface area contributed by atoms with Crippen molar-refractivity contribution in [2.24, 2.45) is 23.7 Å². The first-order chi connectivity index (χ1) is 43.1. The van der Waals surface area contributed by atoms with Gasteiger partial charge >= 0.3 is 39.5 Å². The first-order valence-corrected chi connectivity index (χ1v) is 39.7. The largest absolute Gasteiger partial charge is 0.472 e. The topological polar surface area (TPSA) is 237 Å². The lowest BCUT2D eigenvalue weighted by atomic mass is 10.0. The number of ether oxygens (including phenoxy) is 4. The molecule has 17 nitrogen and oxygen atoms in total. The third kappa shape index (κ3) is 64.8. The molecular weight excluding hydrogens is 1190 g/mol. The molecule has 0 saturated heterocycles. The molecule has 0 spiro atoms. The maximum atomic E-state index is 13.0. The van der Waals surface area contributed by atoms with Crippen molar-refractivity contribution in [3.63, 3.8) is 0 Å². The molecule has 0 bridgehead atoms. The average molecular weight is 1330 g/mol. The van der Waals surface area contributed by atoms with E-state index in [0.29, 0.717) is 31.6 Å². The Morgan fingerprint density at radius 3 is 0.689 bits per heavy atom. The molecule has 0 aromatic carbocycles. The molecule has 534 valence electrons. The van der Waals surface area contributed by atoms with Crippen LogP contribution < -0.4 is 0 Å². The van der Waals surface area contributed by atoms with E-state index in [1.807, 2.05) is 0 Å². The zero-order valence-corrected chi connectivity index (χ0v) is 60.6. The molecule has 0 heterocycles. The van der Waals surface area contributed by atoms with E-state index in [0.717, 1.165) is 114 Å². The summed E-state index contributed by atoms with van der Waals surface area (Å²) in [6, 6.07) is 0. The van der Waals surface area contributed by atoms with Gasteiger partial charge in [0.1, 0.15) is 19.3 Å². The highest BCUT2D eigenvalue weighted by Crippen LogP contribution is 2.45. The predicted octanol–water partition coefficient (Wildman–Crippen LogP) is 20.1. The van der Waals surface area contributed by atoms with E-state index >= 15 is 0 Å². The van der Waals surface area contributed by atoms with Crippen molar-refractivity contribution in [3.8, 4) is 0 Å². The van der Waals surface area contributed by atoms with E-state index in [9.17, 15) is 43.2 Å². The molecule has 19 heteroatoms. The number of phosphoric ester groups is 2. The van der Waals surface area contributed by atoms with E-state index < -0.39 is 97.5 Å². The maximum absolute atomic E-state index is 13.0. The van der Waals surface area contributed by atoms with Crippen molar-refractivity contribution < 1.29 is 80.2 Å². The Hall–Kier alpha value is -1.94. The summed E-state index contributed by atoms with van der Waals surface area (Å²) in [4.78, 5) is 72.6. The van der Waals surface area contributed by atoms with Gasteiger partial charge in [-0.05, 0) is 49.4 Å². The Morgan fingerprint density at radius 2 is 0.467 bits per heavy atom. The summed E-state index contributed by atoms with van der Waals surface area (Å²) in [6.07, 6.45) is 43.1. The molecular formula is C71H138O17P2. The van der Waals surface area contributed by atoms with Gasteiger partial charge in [0, 0.05) is 25.7 Å². The third-order valence-electron chi connectivity index (χ3n) is 16.3. The molecule has 5 atom stereocenters. The Kier molecular flexibility index (Phi) is 59.4. The van der Waals surface area contributed by atoms with E-state index in [2.05, 4.69) is 55.4 Å². The summed E-state index contributed by atoms with van der Waals surface area (Å²) < 4.78 is 68.3. The van der Waals surface area contributed by atoms with Gasteiger partial charge < -0.3 is 33.8 Å². The monoisotopic (exact) mass is 1320 g/mol. The van der Waals surface area contributed by atoms with Gasteiger partial charge in [0.05, 0.1) is 26.4 Å². The normalized spacial score (nSPS) is 14.3. The number of phosphoric acid groups is 2. The Bertz CT molecular complexity index is 1780. The van der Waals surface area contributed by atoms with Gasteiger partial charge in [-0.1, -0.05) is 299 Å². The van der Waals surface area contributed by atoms with Gasteiger partial charge in [0.25, 0.3) is 0 Å². The number of unbranched alkanes of at least 4 members (excludes halogenated alkanes) is 34. The standard InChI is InChI=1S/C71H138O17P2/c1-61(2)47-39-31-23-16-12-9-10-14-18-28-37-45-53-70(75)88-67(58-82-69(74)52-44-36-30-22-26-34-42-50-64(7)8)60-86-90(79,80)84-56-65(72)55-83-89(77,78)85-59-66(57-81-68(73)51-43-35-27-21-20-25-33-41-49-63(5)6)87-71(76)54-46-38-29-19-15-11-13-17-24-32-40-48-62(3)4/h61-67,72H,9-60H2,1-8H3,(H,77,78)(H,79,80)/t65?,66-,67-/m1/s1. The van der Waals surface area contributed by atoms with Gasteiger partial charge in [-0.25, -0.2) is 9.13 Å². The maximum Gasteiger partial charge on any atom is 0.472 e. The predicted molar refractivity (Wildman–Crippen MR) is 363 cm³/mol. The smallest absolute Gasteiger partial charge is 0.462 e.